The largest absolute Gasteiger partial charge is 0.507 e. The summed E-state index contributed by atoms with van der Waals surface area (Å²) >= 11 is 1.66. The summed E-state index contributed by atoms with van der Waals surface area (Å²) in [6.45, 7) is 3.01. The Labute approximate surface area is 113 Å². The molecule has 0 bridgehead atoms. The van der Waals surface area contributed by atoms with Crippen molar-refractivity contribution < 1.29 is 9.90 Å². The van der Waals surface area contributed by atoms with E-state index < -0.39 is 0 Å². The molecule has 1 atom stereocenters. The van der Waals surface area contributed by atoms with Crippen LogP contribution >= 0.6 is 19.8 Å². The normalized spacial score (nSPS) is 11.3. The first-order valence-electron chi connectivity index (χ1n) is 5.53. The van der Waals surface area contributed by atoms with Gasteiger partial charge in [0.2, 0.25) is 0 Å². The first-order valence-corrected chi connectivity index (χ1v) is 7.99. The van der Waals surface area contributed by atoms with Crippen molar-refractivity contribution in [2.24, 2.45) is 4.99 Å². The Kier molecular flexibility index (Phi) is 6.76. The monoisotopic (exact) mass is 284 g/mol. The summed E-state index contributed by atoms with van der Waals surface area (Å²) in [7, 11) is 2.57. The standard InChI is InChI=1S/C12H17N2O2PS/c1-9(13-6-7-18-17)8-14-12(16)10-4-2-3-5-11(10)15/h2-5,15H,6-8,17H2,1H3,(H,14,16). The highest BCUT2D eigenvalue weighted by Gasteiger charge is 2.09. The van der Waals surface area contributed by atoms with Crippen LogP contribution in [-0.4, -0.2) is 35.6 Å². The molecule has 0 fully saturated rings. The molecule has 1 unspecified atom stereocenters. The summed E-state index contributed by atoms with van der Waals surface area (Å²) in [4.78, 5) is 16.1. The average Bonchev–Trinajstić information content (AvgIpc) is 2.37. The van der Waals surface area contributed by atoms with Crippen LogP contribution in [0, 0.1) is 0 Å². The number of carbonyl (C=O) groups is 1. The zero-order chi connectivity index (χ0) is 13.4. The molecular weight excluding hydrogens is 267 g/mol. The number of nitrogens with zero attached hydrogens (tertiary/aromatic N) is 1. The molecule has 0 saturated heterocycles. The van der Waals surface area contributed by atoms with E-state index in [0.29, 0.717) is 6.54 Å². The molecule has 18 heavy (non-hydrogen) atoms. The second-order valence-corrected chi connectivity index (χ2v) is 5.43. The van der Waals surface area contributed by atoms with Crippen LogP contribution in [0.4, 0.5) is 0 Å². The molecule has 0 aliphatic rings. The second kappa shape index (κ2) is 8.11. The predicted octanol–water partition coefficient (Wildman–Crippen LogP) is 2.11. The summed E-state index contributed by atoms with van der Waals surface area (Å²) in [6, 6.07) is 6.47. The second-order valence-electron chi connectivity index (χ2n) is 3.69. The van der Waals surface area contributed by atoms with Gasteiger partial charge in [-0.25, -0.2) is 0 Å². The zero-order valence-corrected chi connectivity index (χ0v) is 12.2. The van der Waals surface area contributed by atoms with Gasteiger partial charge >= 0.3 is 0 Å². The van der Waals surface area contributed by atoms with E-state index in [1.54, 1.807) is 29.6 Å². The number of carbonyl (C=O) groups excluding carboxylic acids is 1. The minimum Gasteiger partial charge on any atom is -0.507 e. The van der Waals surface area contributed by atoms with Gasteiger partial charge in [0.25, 0.3) is 5.91 Å². The van der Waals surface area contributed by atoms with Crippen LogP contribution in [0.1, 0.15) is 17.3 Å². The molecule has 1 rings (SSSR count). The fraction of sp³-hybridized carbons (Fsp3) is 0.333. The molecule has 0 heterocycles. The molecule has 1 amide bonds. The Balaban J connectivity index is 2.47. The zero-order valence-electron chi connectivity index (χ0n) is 10.2. The van der Waals surface area contributed by atoms with Crippen LogP contribution in [0.3, 0.4) is 0 Å². The van der Waals surface area contributed by atoms with Crippen LogP contribution in [0.2, 0.25) is 0 Å². The molecule has 0 aliphatic heterocycles. The average molecular weight is 284 g/mol. The molecular formula is C12H17N2O2PS. The van der Waals surface area contributed by atoms with Crippen molar-refractivity contribution in [3.05, 3.63) is 29.8 Å². The maximum atomic E-state index is 11.8. The summed E-state index contributed by atoms with van der Waals surface area (Å²) in [5, 5.41) is 12.2. The molecule has 0 radical (unpaired) electrons. The van der Waals surface area contributed by atoms with Gasteiger partial charge in [0.1, 0.15) is 5.75 Å². The third-order valence-electron chi connectivity index (χ3n) is 2.24. The minimum atomic E-state index is -0.289. The van der Waals surface area contributed by atoms with E-state index in [2.05, 4.69) is 18.8 Å². The van der Waals surface area contributed by atoms with Gasteiger partial charge in [-0.15, -0.1) is 11.4 Å². The SMILES string of the molecule is CC(CNC(=O)c1ccccc1O)=NCCSP. The van der Waals surface area contributed by atoms with Gasteiger partial charge < -0.3 is 10.4 Å². The molecule has 0 aliphatic carbocycles. The lowest BCUT2D eigenvalue weighted by molar-refractivity contribution is 0.0956. The van der Waals surface area contributed by atoms with E-state index in [-0.39, 0.29) is 17.2 Å². The number of rotatable bonds is 6. The van der Waals surface area contributed by atoms with Gasteiger partial charge in [0.15, 0.2) is 0 Å². The Morgan fingerprint density at radius 3 is 2.89 bits per heavy atom. The van der Waals surface area contributed by atoms with E-state index in [9.17, 15) is 9.90 Å². The predicted molar refractivity (Wildman–Crippen MR) is 80.6 cm³/mol. The smallest absolute Gasteiger partial charge is 0.255 e. The van der Waals surface area contributed by atoms with Crippen molar-refractivity contribution in [3.63, 3.8) is 0 Å². The van der Waals surface area contributed by atoms with Crippen LogP contribution in [0.5, 0.6) is 5.75 Å². The highest BCUT2D eigenvalue weighted by atomic mass is 32.7. The van der Waals surface area contributed by atoms with Gasteiger partial charge in [-0.3, -0.25) is 9.79 Å². The van der Waals surface area contributed by atoms with E-state index in [1.165, 1.54) is 6.07 Å². The number of amides is 1. The molecule has 0 aromatic heterocycles. The third kappa shape index (κ3) is 5.07. The van der Waals surface area contributed by atoms with Gasteiger partial charge in [-0.1, -0.05) is 20.6 Å². The van der Waals surface area contributed by atoms with Crippen LogP contribution in [-0.2, 0) is 0 Å². The molecule has 1 aromatic rings. The van der Waals surface area contributed by atoms with Crippen molar-refractivity contribution in [1.82, 2.24) is 5.32 Å². The number of aliphatic imine (C=N–C) groups is 1. The van der Waals surface area contributed by atoms with Crippen LogP contribution in [0.25, 0.3) is 0 Å². The van der Waals surface area contributed by atoms with E-state index in [4.69, 9.17) is 0 Å². The lowest BCUT2D eigenvalue weighted by Crippen LogP contribution is -2.28. The third-order valence-corrected chi connectivity index (χ3v) is 3.37. The van der Waals surface area contributed by atoms with Gasteiger partial charge in [-0.2, -0.15) is 0 Å². The van der Waals surface area contributed by atoms with E-state index in [1.807, 2.05) is 6.92 Å². The fourth-order valence-corrected chi connectivity index (χ4v) is 1.83. The number of aromatic hydroxyl groups is 1. The number of phenols is 1. The number of hydrogen-bond acceptors (Lipinski definition) is 4. The van der Waals surface area contributed by atoms with Crippen LogP contribution in [0.15, 0.2) is 29.3 Å². The van der Waals surface area contributed by atoms with E-state index in [0.717, 1.165) is 18.0 Å². The van der Waals surface area contributed by atoms with Gasteiger partial charge in [0.05, 0.1) is 12.1 Å². The molecule has 1 aromatic carbocycles. The number of para-hydroxylation sites is 1. The number of benzene rings is 1. The van der Waals surface area contributed by atoms with Gasteiger partial charge in [0, 0.05) is 18.0 Å². The molecule has 0 spiro atoms. The van der Waals surface area contributed by atoms with Crippen molar-refractivity contribution in [1.29, 1.82) is 0 Å². The van der Waals surface area contributed by atoms with Crippen LogP contribution < -0.4 is 5.32 Å². The van der Waals surface area contributed by atoms with Gasteiger partial charge in [-0.05, 0) is 19.1 Å². The summed E-state index contributed by atoms with van der Waals surface area (Å²) in [5.74, 6) is 0.641. The summed E-state index contributed by atoms with van der Waals surface area (Å²) in [6.07, 6.45) is 0. The lowest BCUT2D eigenvalue weighted by atomic mass is 10.2. The first-order chi connectivity index (χ1) is 8.65. The molecule has 2 N–H and O–H groups in total. The lowest BCUT2D eigenvalue weighted by Gasteiger charge is -2.06. The highest BCUT2D eigenvalue weighted by molar-refractivity contribution is 8.43. The Bertz CT molecular complexity index is 438. The Morgan fingerprint density at radius 1 is 1.50 bits per heavy atom. The molecule has 4 nitrogen and oxygen atoms in total. The van der Waals surface area contributed by atoms with Crippen molar-refractivity contribution in [2.75, 3.05) is 18.8 Å². The maximum absolute atomic E-state index is 11.8. The quantitative estimate of drug-likeness (QED) is 0.478. The fourth-order valence-electron chi connectivity index (χ4n) is 1.31. The Hall–Kier alpha value is -1.06. The number of phenolic OH excluding ortho intramolecular Hbond substituents is 1. The van der Waals surface area contributed by atoms with Crippen molar-refractivity contribution in [3.8, 4) is 5.75 Å². The molecule has 98 valence electrons. The summed E-state index contributed by atoms with van der Waals surface area (Å²) in [5.41, 5.74) is 1.16. The topological polar surface area (TPSA) is 61.7 Å². The van der Waals surface area contributed by atoms with Crippen molar-refractivity contribution >= 4 is 31.4 Å². The summed E-state index contributed by atoms with van der Waals surface area (Å²) < 4.78 is 0. The number of nitrogens with one attached hydrogen (secondary N) is 1. The maximum Gasteiger partial charge on any atom is 0.255 e. The number of hydrogen-bond donors (Lipinski definition) is 2. The van der Waals surface area contributed by atoms with Crippen molar-refractivity contribution in [2.45, 2.75) is 6.92 Å². The first kappa shape index (κ1) is 15.0. The molecule has 6 heteroatoms. The minimum absolute atomic E-state index is 0.0102. The van der Waals surface area contributed by atoms with E-state index >= 15 is 0 Å². The highest BCUT2D eigenvalue weighted by Crippen LogP contribution is 2.14. The Morgan fingerprint density at radius 2 is 2.22 bits per heavy atom. The molecule has 0 saturated carbocycles.